The number of carbonyl (C=O) groups is 3. The second kappa shape index (κ2) is 8.31. The van der Waals surface area contributed by atoms with Crippen molar-refractivity contribution in [3.05, 3.63) is 0 Å². The van der Waals surface area contributed by atoms with Crippen molar-refractivity contribution < 1.29 is 19.1 Å². The lowest BCUT2D eigenvalue weighted by molar-refractivity contribution is -0.153. The summed E-state index contributed by atoms with van der Waals surface area (Å²) in [7, 11) is 0. The Kier molecular flexibility index (Phi) is 7.84. The molecule has 0 spiro atoms. The molecule has 0 bridgehead atoms. The number of nitrogens with two attached hydrogens (primary N) is 3. The van der Waals surface area contributed by atoms with E-state index in [0.717, 1.165) is 0 Å². The minimum atomic E-state index is -1.29. The summed E-state index contributed by atoms with van der Waals surface area (Å²) in [6.07, 6.45) is 1.80. The lowest BCUT2D eigenvalue weighted by atomic mass is 9.81. The average molecular weight is 322 g/mol. The summed E-state index contributed by atoms with van der Waals surface area (Å²) in [4.78, 5) is 35.0. The molecule has 0 aromatic carbocycles. The van der Waals surface area contributed by atoms with Gasteiger partial charge in [0.05, 0.1) is 12.6 Å². The van der Waals surface area contributed by atoms with Crippen LogP contribution in [0.15, 0.2) is 0 Å². The monoisotopic (exact) mass is 321 g/mol. The standard InChI is InChI=1S/C13H23N3O4.ClH/c1-2-20-12(19)13(16)7-3-4-8(13)11(18)9(14)5-6-10(15)17;/h8-9H,2-7,14,16H2,1H3,(H2,15,17);1H. The molecular weight excluding hydrogens is 298 g/mol. The van der Waals surface area contributed by atoms with Crippen molar-refractivity contribution in [3.8, 4) is 0 Å². The maximum atomic E-state index is 12.3. The first-order chi connectivity index (χ1) is 9.32. The Bertz CT molecular complexity index is 405. The molecule has 7 nitrogen and oxygen atoms in total. The lowest BCUT2D eigenvalue weighted by Gasteiger charge is -2.29. The molecule has 3 unspecified atom stereocenters. The molecule has 0 aromatic heterocycles. The first kappa shape index (κ1) is 19.8. The Labute approximate surface area is 130 Å². The summed E-state index contributed by atoms with van der Waals surface area (Å²) < 4.78 is 4.96. The summed E-state index contributed by atoms with van der Waals surface area (Å²) in [5, 5.41) is 0. The number of hydrogen-bond donors (Lipinski definition) is 3. The number of amides is 1. The van der Waals surface area contributed by atoms with Crippen molar-refractivity contribution >= 4 is 30.1 Å². The van der Waals surface area contributed by atoms with Gasteiger partial charge in [-0.15, -0.1) is 12.4 Å². The number of primary amides is 1. The number of ether oxygens (including phenoxy) is 1. The van der Waals surface area contributed by atoms with Gasteiger partial charge in [-0.3, -0.25) is 14.4 Å². The van der Waals surface area contributed by atoms with Crippen LogP contribution in [0.1, 0.15) is 39.0 Å². The highest BCUT2D eigenvalue weighted by Gasteiger charge is 2.51. The van der Waals surface area contributed by atoms with Crippen molar-refractivity contribution in [2.45, 2.75) is 50.6 Å². The van der Waals surface area contributed by atoms with Crippen molar-refractivity contribution in [2.24, 2.45) is 23.1 Å². The Morgan fingerprint density at radius 2 is 2.00 bits per heavy atom. The summed E-state index contributed by atoms with van der Waals surface area (Å²) in [6.45, 7) is 1.90. The minimum Gasteiger partial charge on any atom is -0.465 e. The van der Waals surface area contributed by atoms with Gasteiger partial charge in [0, 0.05) is 12.3 Å². The van der Waals surface area contributed by atoms with Gasteiger partial charge >= 0.3 is 5.97 Å². The van der Waals surface area contributed by atoms with Gasteiger partial charge in [-0.25, -0.2) is 0 Å². The van der Waals surface area contributed by atoms with Crippen molar-refractivity contribution in [1.82, 2.24) is 0 Å². The van der Waals surface area contributed by atoms with E-state index >= 15 is 0 Å². The second-order valence-electron chi connectivity index (χ2n) is 5.22. The zero-order valence-corrected chi connectivity index (χ0v) is 13.0. The van der Waals surface area contributed by atoms with Crippen LogP contribution in [-0.2, 0) is 19.1 Å². The molecule has 0 aromatic rings. The normalized spacial score (nSPS) is 25.8. The van der Waals surface area contributed by atoms with Crippen LogP contribution in [0, 0.1) is 5.92 Å². The van der Waals surface area contributed by atoms with Crippen LogP contribution in [0.25, 0.3) is 0 Å². The topological polar surface area (TPSA) is 138 Å². The van der Waals surface area contributed by atoms with Gasteiger partial charge in [-0.1, -0.05) is 6.42 Å². The molecule has 0 heterocycles. The number of Topliss-reactive ketones (excluding diaryl/α,β-unsaturated/α-hetero) is 1. The van der Waals surface area contributed by atoms with Gasteiger partial charge in [0.2, 0.25) is 5.91 Å². The highest BCUT2D eigenvalue weighted by Crippen LogP contribution is 2.36. The van der Waals surface area contributed by atoms with Gasteiger partial charge in [0.1, 0.15) is 5.54 Å². The van der Waals surface area contributed by atoms with E-state index < -0.39 is 29.4 Å². The number of carbonyl (C=O) groups excluding carboxylic acids is 3. The third-order valence-corrected chi connectivity index (χ3v) is 3.77. The molecule has 0 radical (unpaired) electrons. The van der Waals surface area contributed by atoms with Crippen molar-refractivity contribution in [1.29, 1.82) is 0 Å². The van der Waals surface area contributed by atoms with E-state index in [4.69, 9.17) is 21.9 Å². The fraction of sp³-hybridized carbons (Fsp3) is 0.769. The van der Waals surface area contributed by atoms with Gasteiger partial charge in [-0.2, -0.15) is 0 Å². The van der Waals surface area contributed by atoms with Gasteiger partial charge in [-0.05, 0) is 26.2 Å². The van der Waals surface area contributed by atoms with E-state index in [1.54, 1.807) is 6.92 Å². The molecule has 8 heteroatoms. The molecule has 122 valence electrons. The minimum absolute atomic E-state index is 0. The molecular formula is C13H24ClN3O4. The molecule has 1 fully saturated rings. The third kappa shape index (κ3) is 4.66. The molecule has 6 N–H and O–H groups in total. The highest BCUT2D eigenvalue weighted by molar-refractivity contribution is 5.95. The zero-order valence-electron chi connectivity index (χ0n) is 12.2. The van der Waals surface area contributed by atoms with E-state index in [1.165, 1.54) is 0 Å². The lowest BCUT2D eigenvalue weighted by Crippen LogP contribution is -2.56. The molecule has 0 saturated heterocycles. The van der Waals surface area contributed by atoms with Crippen LogP contribution in [0.3, 0.4) is 0 Å². The molecule has 1 aliphatic carbocycles. The van der Waals surface area contributed by atoms with Gasteiger partial charge < -0.3 is 21.9 Å². The number of esters is 1. The van der Waals surface area contributed by atoms with E-state index in [-0.39, 0.29) is 37.6 Å². The number of hydrogen-bond acceptors (Lipinski definition) is 6. The fourth-order valence-corrected chi connectivity index (χ4v) is 2.63. The molecule has 1 saturated carbocycles. The summed E-state index contributed by atoms with van der Waals surface area (Å²) in [5.41, 5.74) is 15.6. The quantitative estimate of drug-likeness (QED) is 0.547. The Hall–Kier alpha value is -1.18. The van der Waals surface area contributed by atoms with Crippen LogP contribution in [0.2, 0.25) is 0 Å². The van der Waals surface area contributed by atoms with Crippen LogP contribution in [0.4, 0.5) is 0 Å². The summed E-state index contributed by atoms with van der Waals surface area (Å²) in [5.74, 6) is -2.01. The van der Waals surface area contributed by atoms with Gasteiger partial charge in [0.15, 0.2) is 5.78 Å². The molecule has 21 heavy (non-hydrogen) atoms. The average Bonchev–Trinajstić information content (AvgIpc) is 2.78. The maximum Gasteiger partial charge on any atom is 0.326 e. The predicted molar refractivity (Wildman–Crippen MR) is 79.6 cm³/mol. The molecule has 0 aliphatic heterocycles. The molecule has 3 atom stereocenters. The third-order valence-electron chi connectivity index (χ3n) is 3.77. The van der Waals surface area contributed by atoms with E-state index in [2.05, 4.69) is 0 Å². The number of ketones is 1. The predicted octanol–water partition coefficient (Wildman–Crippen LogP) is -0.369. The fourth-order valence-electron chi connectivity index (χ4n) is 2.63. The van der Waals surface area contributed by atoms with Gasteiger partial charge in [0.25, 0.3) is 0 Å². The van der Waals surface area contributed by atoms with Crippen LogP contribution in [0.5, 0.6) is 0 Å². The van der Waals surface area contributed by atoms with E-state index in [1.807, 2.05) is 0 Å². The zero-order chi connectivity index (χ0) is 15.3. The maximum absolute atomic E-state index is 12.3. The molecule has 1 amide bonds. The van der Waals surface area contributed by atoms with Crippen LogP contribution >= 0.6 is 12.4 Å². The largest absolute Gasteiger partial charge is 0.465 e. The van der Waals surface area contributed by atoms with Crippen molar-refractivity contribution in [3.63, 3.8) is 0 Å². The molecule has 1 rings (SSSR count). The Balaban J connectivity index is 0.00000400. The summed E-state index contributed by atoms with van der Waals surface area (Å²) >= 11 is 0. The highest BCUT2D eigenvalue weighted by atomic mass is 35.5. The van der Waals surface area contributed by atoms with Crippen LogP contribution < -0.4 is 17.2 Å². The van der Waals surface area contributed by atoms with E-state index in [0.29, 0.717) is 19.3 Å². The SMILES string of the molecule is CCOC(=O)C1(N)CCCC1C(=O)C(N)CCC(N)=O.Cl. The van der Waals surface area contributed by atoms with E-state index in [9.17, 15) is 14.4 Å². The van der Waals surface area contributed by atoms with Crippen molar-refractivity contribution in [2.75, 3.05) is 6.61 Å². The first-order valence-electron chi connectivity index (χ1n) is 6.86. The smallest absolute Gasteiger partial charge is 0.326 e. The second-order valence-corrected chi connectivity index (χ2v) is 5.22. The van der Waals surface area contributed by atoms with Crippen LogP contribution in [-0.4, -0.2) is 35.8 Å². The number of halogens is 1. The Morgan fingerprint density at radius 1 is 1.38 bits per heavy atom. The molecule has 1 aliphatic rings. The Morgan fingerprint density at radius 3 is 2.52 bits per heavy atom. The summed E-state index contributed by atoms with van der Waals surface area (Å²) in [6, 6.07) is -0.831. The first-order valence-corrected chi connectivity index (χ1v) is 6.86. The number of rotatable bonds is 7.